The first-order chi connectivity index (χ1) is 9.06. The third kappa shape index (κ3) is 3.60. The molecule has 0 saturated carbocycles. The van der Waals surface area contributed by atoms with Crippen molar-refractivity contribution in [3.8, 4) is 0 Å². The highest BCUT2D eigenvalue weighted by Crippen LogP contribution is 2.17. The zero-order valence-corrected chi connectivity index (χ0v) is 12.2. The summed E-state index contributed by atoms with van der Waals surface area (Å²) in [7, 11) is 0. The summed E-state index contributed by atoms with van der Waals surface area (Å²) in [6.07, 6.45) is 1.15. The number of hydrogen-bond donors (Lipinski definition) is 2. The van der Waals surface area contributed by atoms with Gasteiger partial charge in [0, 0.05) is 6.54 Å². The first-order valence-corrected chi connectivity index (χ1v) is 6.89. The Balaban J connectivity index is 1.97. The SMILES string of the molecule is Cc1n[nH]c(C)c1NCc1ccc(CC(C)C)cc1. The van der Waals surface area contributed by atoms with Gasteiger partial charge in [0.25, 0.3) is 0 Å². The monoisotopic (exact) mass is 257 g/mol. The normalized spacial score (nSPS) is 11.0. The lowest BCUT2D eigenvalue weighted by Crippen LogP contribution is -2.01. The van der Waals surface area contributed by atoms with Crippen LogP contribution in [0.15, 0.2) is 24.3 Å². The van der Waals surface area contributed by atoms with Gasteiger partial charge in [-0.15, -0.1) is 0 Å². The second-order valence-corrected chi connectivity index (χ2v) is 5.58. The second-order valence-electron chi connectivity index (χ2n) is 5.58. The molecular weight excluding hydrogens is 234 g/mol. The van der Waals surface area contributed by atoms with E-state index >= 15 is 0 Å². The Kier molecular flexibility index (Phi) is 4.25. The maximum Gasteiger partial charge on any atom is 0.0825 e. The van der Waals surface area contributed by atoms with Crippen molar-refractivity contribution in [3.63, 3.8) is 0 Å². The quantitative estimate of drug-likeness (QED) is 0.854. The number of aromatic amines is 1. The Labute approximate surface area is 115 Å². The fraction of sp³-hybridized carbons (Fsp3) is 0.438. The number of nitrogens with zero attached hydrogens (tertiary/aromatic N) is 1. The maximum absolute atomic E-state index is 4.19. The van der Waals surface area contributed by atoms with E-state index in [2.05, 4.69) is 53.6 Å². The number of hydrogen-bond acceptors (Lipinski definition) is 2. The summed E-state index contributed by atoms with van der Waals surface area (Å²) < 4.78 is 0. The van der Waals surface area contributed by atoms with Gasteiger partial charge in [-0.3, -0.25) is 5.10 Å². The first kappa shape index (κ1) is 13.7. The highest BCUT2D eigenvalue weighted by molar-refractivity contribution is 5.51. The van der Waals surface area contributed by atoms with Crippen LogP contribution in [0, 0.1) is 19.8 Å². The molecule has 0 bridgehead atoms. The molecule has 0 radical (unpaired) electrons. The molecule has 0 aliphatic heterocycles. The van der Waals surface area contributed by atoms with E-state index in [4.69, 9.17) is 0 Å². The highest BCUT2D eigenvalue weighted by Gasteiger charge is 2.05. The summed E-state index contributed by atoms with van der Waals surface area (Å²) in [5, 5.41) is 10.6. The molecule has 2 rings (SSSR count). The van der Waals surface area contributed by atoms with Gasteiger partial charge in [-0.1, -0.05) is 38.1 Å². The van der Waals surface area contributed by atoms with Gasteiger partial charge in [-0.05, 0) is 37.3 Å². The van der Waals surface area contributed by atoms with Crippen molar-refractivity contribution in [2.45, 2.75) is 40.7 Å². The predicted octanol–water partition coefficient (Wildman–Crippen LogP) is 3.84. The molecule has 3 heteroatoms. The zero-order chi connectivity index (χ0) is 13.8. The number of anilines is 1. The van der Waals surface area contributed by atoms with Gasteiger partial charge in [0.2, 0.25) is 0 Å². The minimum Gasteiger partial charge on any atom is -0.378 e. The van der Waals surface area contributed by atoms with E-state index in [1.807, 2.05) is 13.8 Å². The molecule has 0 atom stereocenters. The Morgan fingerprint density at radius 2 is 1.74 bits per heavy atom. The van der Waals surface area contributed by atoms with Crippen LogP contribution in [-0.4, -0.2) is 10.2 Å². The van der Waals surface area contributed by atoms with Crippen molar-refractivity contribution in [2.75, 3.05) is 5.32 Å². The largest absolute Gasteiger partial charge is 0.378 e. The van der Waals surface area contributed by atoms with Crippen LogP contribution in [0.2, 0.25) is 0 Å². The smallest absolute Gasteiger partial charge is 0.0825 e. The van der Waals surface area contributed by atoms with Crippen LogP contribution in [0.25, 0.3) is 0 Å². The van der Waals surface area contributed by atoms with Crippen LogP contribution in [-0.2, 0) is 13.0 Å². The third-order valence-corrected chi connectivity index (χ3v) is 3.26. The van der Waals surface area contributed by atoms with Gasteiger partial charge in [0.1, 0.15) is 0 Å². The number of H-pyrrole nitrogens is 1. The van der Waals surface area contributed by atoms with Crippen LogP contribution >= 0.6 is 0 Å². The van der Waals surface area contributed by atoms with Gasteiger partial charge in [-0.2, -0.15) is 5.10 Å². The number of aryl methyl sites for hydroxylation is 2. The molecule has 0 unspecified atom stereocenters. The van der Waals surface area contributed by atoms with Crippen molar-refractivity contribution >= 4 is 5.69 Å². The Bertz CT molecular complexity index is 504. The minimum atomic E-state index is 0.709. The fourth-order valence-electron chi connectivity index (χ4n) is 2.27. The lowest BCUT2D eigenvalue weighted by Gasteiger charge is -2.09. The van der Waals surface area contributed by atoms with Crippen molar-refractivity contribution in [1.82, 2.24) is 10.2 Å². The van der Waals surface area contributed by atoms with Crippen molar-refractivity contribution in [1.29, 1.82) is 0 Å². The molecule has 1 aromatic carbocycles. The average Bonchev–Trinajstić information content (AvgIpc) is 2.68. The highest BCUT2D eigenvalue weighted by atomic mass is 15.1. The molecule has 19 heavy (non-hydrogen) atoms. The molecule has 0 spiro atoms. The topological polar surface area (TPSA) is 40.7 Å². The maximum atomic E-state index is 4.19. The van der Waals surface area contributed by atoms with E-state index < -0.39 is 0 Å². The van der Waals surface area contributed by atoms with Crippen molar-refractivity contribution < 1.29 is 0 Å². The minimum absolute atomic E-state index is 0.709. The van der Waals surface area contributed by atoms with Gasteiger partial charge < -0.3 is 5.32 Å². The molecule has 0 fully saturated rings. The van der Waals surface area contributed by atoms with E-state index in [0.29, 0.717) is 5.92 Å². The fourth-order valence-corrected chi connectivity index (χ4v) is 2.27. The third-order valence-electron chi connectivity index (χ3n) is 3.26. The molecule has 1 aromatic heterocycles. The molecule has 0 saturated heterocycles. The molecule has 1 heterocycles. The molecule has 2 N–H and O–H groups in total. The predicted molar refractivity (Wildman–Crippen MR) is 80.4 cm³/mol. The van der Waals surface area contributed by atoms with Crippen LogP contribution in [0.1, 0.15) is 36.4 Å². The van der Waals surface area contributed by atoms with Crippen LogP contribution in [0.3, 0.4) is 0 Å². The van der Waals surface area contributed by atoms with E-state index in [9.17, 15) is 0 Å². The number of benzene rings is 1. The average molecular weight is 257 g/mol. The summed E-state index contributed by atoms with van der Waals surface area (Å²) in [6, 6.07) is 8.86. The van der Waals surface area contributed by atoms with Gasteiger partial charge in [0.05, 0.1) is 17.1 Å². The molecule has 0 amide bonds. The van der Waals surface area contributed by atoms with Gasteiger partial charge in [-0.25, -0.2) is 0 Å². The molecule has 0 aliphatic rings. The van der Waals surface area contributed by atoms with Gasteiger partial charge >= 0.3 is 0 Å². The summed E-state index contributed by atoms with van der Waals surface area (Å²) in [4.78, 5) is 0. The number of rotatable bonds is 5. The van der Waals surface area contributed by atoms with E-state index in [1.54, 1.807) is 0 Å². The summed E-state index contributed by atoms with van der Waals surface area (Å²) in [6.45, 7) is 9.38. The standard InChI is InChI=1S/C16H23N3/c1-11(2)9-14-5-7-15(8-6-14)10-17-16-12(3)18-19-13(16)4/h5-8,11,17H,9-10H2,1-4H3,(H,18,19). The molecule has 2 aromatic rings. The van der Waals surface area contributed by atoms with Crippen molar-refractivity contribution in [2.24, 2.45) is 5.92 Å². The van der Waals surface area contributed by atoms with Crippen LogP contribution < -0.4 is 5.32 Å². The van der Waals surface area contributed by atoms with Crippen LogP contribution in [0.5, 0.6) is 0 Å². The summed E-state index contributed by atoms with van der Waals surface area (Å²) in [5.41, 5.74) is 5.94. The van der Waals surface area contributed by atoms with E-state index in [-0.39, 0.29) is 0 Å². The Hall–Kier alpha value is -1.77. The van der Waals surface area contributed by atoms with Gasteiger partial charge in [0.15, 0.2) is 0 Å². The van der Waals surface area contributed by atoms with Crippen molar-refractivity contribution in [3.05, 3.63) is 46.8 Å². The van der Waals surface area contributed by atoms with E-state index in [1.165, 1.54) is 11.1 Å². The molecular formula is C16H23N3. The molecule has 0 aliphatic carbocycles. The second kappa shape index (κ2) is 5.91. The van der Waals surface area contributed by atoms with Crippen LogP contribution in [0.4, 0.5) is 5.69 Å². The Morgan fingerprint density at radius 3 is 2.26 bits per heavy atom. The Morgan fingerprint density at radius 1 is 1.11 bits per heavy atom. The zero-order valence-electron chi connectivity index (χ0n) is 12.2. The first-order valence-electron chi connectivity index (χ1n) is 6.89. The molecule has 3 nitrogen and oxygen atoms in total. The lowest BCUT2D eigenvalue weighted by molar-refractivity contribution is 0.647. The molecule has 102 valence electrons. The summed E-state index contributed by atoms with van der Waals surface area (Å²) in [5.74, 6) is 0.709. The number of aromatic nitrogens is 2. The summed E-state index contributed by atoms with van der Waals surface area (Å²) >= 11 is 0. The van der Waals surface area contributed by atoms with E-state index in [0.717, 1.165) is 30.0 Å². The number of nitrogens with one attached hydrogen (secondary N) is 2. The lowest BCUT2D eigenvalue weighted by atomic mass is 10.0.